The minimum absolute atomic E-state index is 0.0621. The van der Waals surface area contributed by atoms with Crippen LogP contribution < -0.4 is 10.4 Å². The standard InChI is InChI=1S/C40H42O9/c1-24(22-41)30-16-15-26-9-12-27(13-10-26)19-28(14-11-25-7-5-4-6-8-25)20-33(43)47-37-35-32(49-40(2,3)38(37)48-39(30)45)18-17-31-29(23-42)21-34(44)46-36(31)35/h4-10,12-13,17-18,21,28,37-38,41-42H,11,14-16,19-20,22-23H2,1-3H3/b30-24-/t28-,37+,38-/m0/s1. The van der Waals surface area contributed by atoms with E-state index in [9.17, 15) is 24.6 Å². The zero-order chi connectivity index (χ0) is 34.7. The Hall–Kier alpha value is -4.73. The maximum absolute atomic E-state index is 14.1. The normalized spacial score (nSPS) is 22.0. The summed E-state index contributed by atoms with van der Waals surface area (Å²) < 4.78 is 24.6. The van der Waals surface area contributed by atoms with E-state index in [0.717, 1.165) is 24.0 Å². The average molecular weight is 667 g/mol. The molecule has 0 saturated heterocycles. The highest BCUT2D eigenvalue weighted by Crippen LogP contribution is 2.47. The molecule has 256 valence electrons. The Balaban J connectivity index is 1.46. The number of aryl methyl sites for hydroxylation is 2. The number of fused-ring (bicyclic) bond motifs is 13. The summed E-state index contributed by atoms with van der Waals surface area (Å²) in [7, 11) is 0. The predicted octanol–water partition coefficient (Wildman–Crippen LogP) is 6.09. The number of hydrogen-bond acceptors (Lipinski definition) is 9. The Morgan fingerprint density at radius 1 is 0.878 bits per heavy atom. The number of benzene rings is 3. The maximum atomic E-state index is 14.1. The molecule has 0 aliphatic carbocycles. The van der Waals surface area contributed by atoms with E-state index in [1.807, 2.05) is 30.3 Å². The second-order valence-electron chi connectivity index (χ2n) is 13.6. The summed E-state index contributed by atoms with van der Waals surface area (Å²) >= 11 is 0. The highest BCUT2D eigenvalue weighted by molar-refractivity contribution is 5.90. The number of esters is 2. The molecule has 9 heteroatoms. The van der Waals surface area contributed by atoms with Crippen molar-refractivity contribution in [2.45, 2.75) is 83.7 Å². The van der Waals surface area contributed by atoms with E-state index in [4.69, 9.17) is 18.6 Å². The number of aliphatic hydroxyl groups is 2. The minimum Gasteiger partial charge on any atom is -0.483 e. The molecule has 49 heavy (non-hydrogen) atoms. The van der Waals surface area contributed by atoms with Crippen molar-refractivity contribution in [1.82, 2.24) is 0 Å². The Morgan fingerprint density at radius 2 is 1.61 bits per heavy atom. The Morgan fingerprint density at radius 3 is 2.33 bits per heavy atom. The van der Waals surface area contributed by atoms with Gasteiger partial charge in [0.2, 0.25) is 0 Å². The zero-order valence-corrected chi connectivity index (χ0v) is 28.1. The quantitative estimate of drug-likeness (QED) is 0.148. The number of ether oxygens (including phenoxy) is 3. The van der Waals surface area contributed by atoms with Crippen molar-refractivity contribution in [3.8, 4) is 5.75 Å². The predicted molar refractivity (Wildman–Crippen MR) is 183 cm³/mol. The molecule has 3 aliphatic heterocycles. The Labute approximate surface area is 285 Å². The first-order valence-corrected chi connectivity index (χ1v) is 16.8. The van der Waals surface area contributed by atoms with E-state index in [0.29, 0.717) is 47.1 Å². The SMILES string of the molecule is C/C(CO)=C1\CCc2ccc(cc2)C[C@H](CCc2ccccc2)CC(=O)O[C@@H]2c3c(ccc4c(CO)cc(=O)oc34)OC(C)(C)[C@H]2OC1=O. The molecule has 3 atom stereocenters. The number of carbonyl (C=O) groups is 2. The molecular formula is C40H42O9. The van der Waals surface area contributed by atoms with Crippen LogP contribution >= 0.6 is 0 Å². The third-order valence-electron chi connectivity index (χ3n) is 9.63. The molecule has 0 fully saturated rings. The second kappa shape index (κ2) is 14.4. The first-order valence-electron chi connectivity index (χ1n) is 16.8. The van der Waals surface area contributed by atoms with Gasteiger partial charge in [0.05, 0.1) is 18.8 Å². The molecule has 0 saturated carbocycles. The molecule has 4 heterocycles. The summed E-state index contributed by atoms with van der Waals surface area (Å²) in [6.07, 6.45) is 0.747. The lowest BCUT2D eigenvalue weighted by Gasteiger charge is -2.43. The van der Waals surface area contributed by atoms with Gasteiger partial charge in [-0.1, -0.05) is 54.6 Å². The van der Waals surface area contributed by atoms with Gasteiger partial charge in [-0.15, -0.1) is 0 Å². The third-order valence-corrected chi connectivity index (χ3v) is 9.63. The van der Waals surface area contributed by atoms with Gasteiger partial charge in [-0.2, -0.15) is 0 Å². The molecule has 0 spiro atoms. The number of aliphatic hydroxyl groups excluding tert-OH is 2. The van der Waals surface area contributed by atoms with Gasteiger partial charge >= 0.3 is 17.6 Å². The van der Waals surface area contributed by atoms with Gasteiger partial charge in [-0.3, -0.25) is 4.79 Å². The molecule has 1 aromatic heterocycles. The maximum Gasteiger partial charge on any atom is 0.336 e. The molecule has 0 amide bonds. The highest BCUT2D eigenvalue weighted by atomic mass is 16.6. The first kappa shape index (κ1) is 34.1. The van der Waals surface area contributed by atoms with Crippen LogP contribution in [0.1, 0.15) is 74.0 Å². The van der Waals surface area contributed by atoms with E-state index >= 15 is 0 Å². The topological polar surface area (TPSA) is 133 Å². The molecule has 0 radical (unpaired) electrons. The first-order chi connectivity index (χ1) is 23.6. The van der Waals surface area contributed by atoms with E-state index in [1.54, 1.807) is 32.9 Å². The van der Waals surface area contributed by atoms with Crippen LogP contribution in [-0.4, -0.2) is 40.5 Å². The van der Waals surface area contributed by atoms with Gasteiger partial charge in [-0.05, 0) is 98.8 Å². The molecular weight excluding hydrogens is 624 g/mol. The smallest absolute Gasteiger partial charge is 0.336 e. The van der Waals surface area contributed by atoms with E-state index in [2.05, 4.69) is 24.3 Å². The van der Waals surface area contributed by atoms with Crippen molar-refractivity contribution in [3.05, 3.63) is 122 Å². The van der Waals surface area contributed by atoms with Crippen LogP contribution in [0.25, 0.3) is 11.0 Å². The van der Waals surface area contributed by atoms with Crippen LogP contribution in [-0.2, 0) is 44.9 Å². The number of rotatable bonds is 5. The van der Waals surface area contributed by atoms with Crippen LogP contribution in [0.15, 0.2) is 93.2 Å². The third kappa shape index (κ3) is 7.48. The van der Waals surface area contributed by atoms with Gasteiger partial charge in [0.25, 0.3) is 0 Å². The summed E-state index contributed by atoms with van der Waals surface area (Å²) in [5, 5.41) is 20.6. The van der Waals surface area contributed by atoms with Gasteiger partial charge in [0, 0.05) is 23.4 Å². The molecule has 3 aliphatic rings. The average Bonchev–Trinajstić information content (AvgIpc) is 3.08. The van der Waals surface area contributed by atoms with Gasteiger partial charge in [0.15, 0.2) is 12.2 Å². The largest absolute Gasteiger partial charge is 0.483 e. The monoisotopic (exact) mass is 666 g/mol. The fraction of sp³-hybridized carbons (Fsp3) is 0.375. The molecule has 0 unspecified atom stereocenters. The van der Waals surface area contributed by atoms with Crippen molar-refractivity contribution >= 4 is 22.9 Å². The summed E-state index contributed by atoms with van der Waals surface area (Å²) in [5.74, 6) is -0.929. The van der Waals surface area contributed by atoms with E-state index in [-0.39, 0.29) is 30.1 Å². The van der Waals surface area contributed by atoms with E-state index < -0.39 is 42.0 Å². The molecule has 2 bridgehead atoms. The Kier molecular flexibility index (Phi) is 10.0. The minimum atomic E-state index is -1.22. The lowest BCUT2D eigenvalue weighted by Crippen LogP contribution is -2.52. The van der Waals surface area contributed by atoms with Crippen LogP contribution in [0.5, 0.6) is 5.75 Å². The van der Waals surface area contributed by atoms with Crippen molar-refractivity contribution in [3.63, 3.8) is 0 Å². The molecule has 9 nitrogen and oxygen atoms in total. The van der Waals surface area contributed by atoms with Crippen molar-refractivity contribution in [1.29, 1.82) is 0 Å². The van der Waals surface area contributed by atoms with E-state index in [1.165, 1.54) is 11.6 Å². The second-order valence-corrected chi connectivity index (χ2v) is 13.6. The summed E-state index contributed by atoms with van der Waals surface area (Å²) in [5.41, 5.74) is 2.85. The van der Waals surface area contributed by atoms with Crippen LogP contribution in [0.4, 0.5) is 0 Å². The number of carbonyl (C=O) groups excluding carboxylic acids is 2. The molecule has 2 N–H and O–H groups in total. The van der Waals surface area contributed by atoms with Gasteiger partial charge in [0.1, 0.15) is 16.9 Å². The highest BCUT2D eigenvalue weighted by Gasteiger charge is 2.50. The fourth-order valence-corrected chi connectivity index (χ4v) is 6.90. The molecule has 3 aromatic carbocycles. The van der Waals surface area contributed by atoms with Crippen LogP contribution in [0, 0.1) is 5.92 Å². The molecule has 7 rings (SSSR count). The lowest BCUT2D eigenvalue weighted by atomic mass is 9.86. The summed E-state index contributed by atoms with van der Waals surface area (Å²) in [6, 6.07) is 22.9. The Bertz CT molecular complexity index is 1920. The summed E-state index contributed by atoms with van der Waals surface area (Å²) in [4.78, 5) is 40.8. The zero-order valence-electron chi connectivity index (χ0n) is 28.1. The van der Waals surface area contributed by atoms with Crippen LogP contribution in [0.3, 0.4) is 0 Å². The van der Waals surface area contributed by atoms with Crippen LogP contribution in [0.2, 0.25) is 0 Å². The fourth-order valence-electron chi connectivity index (χ4n) is 6.90. The molecule has 4 aromatic rings. The lowest BCUT2D eigenvalue weighted by molar-refractivity contribution is -0.188. The van der Waals surface area contributed by atoms with Gasteiger partial charge < -0.3 is 28.8 Å². The van der Waals surface area contributed by atoms with Crippen molar-refractivity contribution in [2.24, 2.45) is 5.92 Å². The van der Waals surface area contributed by atoms with Crippen molar-refractivity contribution in [2.75, 3.05) is 6.61 Å². The van der Waals surface area contributed by atoms with Crippen molar-refractivity contribution < 1.29 is 38.4 Å². The summed E-state index contributed by atoms with van der Waals surface area (Å²) in [6.45, 7) is 4.41. The number of hydrogen-bond donors (Lipinski definition) is 2. The van der Waals surface area contributed by atoms with Gasteiger partial charge in [-0.25, -0.2) is 9.59 Å².